The molecule has 17 heavy (non-hydrogen) atoms. The minimum Gasteiger partial charge on any atom is -0.497 e. The number of methoxy groups -OCH3 is 1. The van der Waals surface area contributed by atoms with E-state index in [0.717, 1.165) is 17.5 Å². The van der Waals surface area contributed by atoms with E-state index in [1.165, 1.54) is 12.0 Å². The average molecular weight is 253 g/mol. The van der Waals surface area contributed by atoms with Crippen molar-refractivity contribution in [3.8, 4) is 5.75 Å². The minimum absolute atomic E-state index is 0.398. The molecule has 3 heteroatoms. The first kappa shape index (κ1) is 14.4. The van der Waals surface area contributed by atoms with Crippen LogP contribution >= 0.6 is 11.8 Å². The topological polar surface area (TPSA) is 21.3 Å². The number of rotatable bonds is 7. The van der Waals surface area contributed by atoms with E-state index in [1.54, 1.807) is 7.11 Å². The molecule has 1 N–H and O–H groups in total. The van der Waals surface area contributed by atoms with Crippen LogP contribution in [0.25, 0.3) is 0 Å². The van der Waals surface area contributed by atoms with Crippen LogP contribution in [0.1, 0.15) is 31.9 Å². The number of nitrogens with one attached hydrogen (secondary N) is 1. The lowest BCUT2D eigenvalue weighted by atomic mass is 10.1. The summed E-state index contributed by atoms with van der Waals surface area (Å²) in [6.07, 6.45) is 3.37. The van der Waals surface area contributed by atoms with Crippen molar-refractivity contribution in [2.75, 3.05) is 19.9 Å². The molecule has 0 radical (unpaired) electrons. The lowest BCUT2D eigenvalue weighted by molar-refractivity contribution is 0.414. The summed E-state index contributed by atoms with van der Waals surface area (Å²) < 4.78 is 5.15. The molecule has 1 rings (SSSR count). The first-order valence-corrected chi connectivity index (χ1v) is 7.36. The van der Waals surface area contributed by atoms with Crippen molar-refractivity contribution in [1.29, 1.82) is 0 Å². The van der Waals surface area contributed by atoms with Crippen molar-refractivity contribution in [1.82, 2.24) is 5.32 Å². The maximum Gasteiger partial charge on any atom is 0.118 e. The molecule has 0 heterocycles. The molecule has 0 amide bonds. The highest BCUT2D eigenvalue weighted by Crippen LogP contribution is 2.17. The van der Waals surface area contributed by atoms with Gasteiger partial charge in [0, 0.05) is 11.3 Å². The summed E-state index contributed by atoms with van der Waals surface area (Å²) in [5.41, 5.74) is 1.31. The zero-order valence-corrected chi connectivity index (χ0v) is 12.0. The zero-order valence-electron chi connectivity index (χ0n) is 11.2. The van der Waals surface area contributed by atoms with Crippen molar-refractivity contribution in [2.45, 2.75) is 31.6 Å². The second-order valence-electron chi connectivity index (χ2n) is 4.28. The SMILES string of the molecule is COc1ccc(C(C)NCCC(C)SC)cc1. The fraction of sp³-hybridized carbons (Fsp3) is 0.571. The lowest BCUT2D eigenvalue weighted by Crippen LogP contribution is -2.21. The third kappa shape index (κ3) is 5.00. The van der Waals surface area contributed by atoms with Gasteiger partial charge >= 0.3 is 0 Å². The van der Waals surface area contributed by atoms with E-state index in [9.17, 15) is 0 Å². The molecule has 0 aliphatic heterocycles. The van der Waals surface area contributed by atoms with Gasteiger partial charge in [-0.1, -0.05) is 19.1 Å². The fourth-order valence-corrected chi connectivity index (χ4v) is 1.98. The molecule has 0 fully saturated rings. The Morgan fingerprint density at radius 2 is 1.88 bits per heavy atom. The summed E-state index contributed by atoms with van der Waals surface area (Å²) >= 11 is 1.92. The van der Waals surface area contributed by atoms with E-state index in [1.807, 2.05) is 23.9 Å². The van der Waals surface area contributed by atoms with Gasteiger partial charge in [-0.3, -0.25) is 0 Å². The quantitative estimate of drug-likeness (QED) is 0.804. The maximum atomic E-state index is 5.15. The molecular weight excluding hydrogens is 230 g/mol. The molecular formula is C14H23NOS. The third-order valence-corrected chi connectivity index (χ3v) is 4.06. The summed E-state index contributed by atoms with van der Waals surface area (Å²) in [5, 5.41) is 4.27. The van der Waals surface area contributed by atoms with E-state index in [2.05, 4.69) is 37.6 Å². The highest BCUT2D eigenvalue weighted by molar-refractivity contribution is 7.99. The number of hydrogen-bond acceptors (Lipinski definition) is 3. The molecule has 1 aromatic rings. The average Bonchev–Trinajstić information content (AvgIpc) is 2.38. The number of benzene rings is 1. The Morgan fingerprint density at radius 3 is 2.41 bits per heavy atom. The van der Waals surface area contributed by atoms with Crippen molar-refractivity contribution in [3.05, 3.63) is 29.8 Å². The molecule has 0 aliphatic rings. The van der Waals surface area contributed by atoms with Gasteiger partial charge in [0.25, 0.3) is 0 Å². The third-order valence-electron chi connectivity index (χ3n) is 3.02. The van der Waals surface area contributed by atoms with E-state index >= 15 is 0 Å². The second kappa shape index (κ2) is 7.62. The van der Waals surface area contributed by atoms with Gasteiger partial charge in [0.15, 0.2) is 0 Å². The summed E-state index contributed by atoms with van der Waals surface area (Å²) in [6, 6.07) is 8.66. The number of thioether (sulfide) groups is 1. The van der Waals surface area contributed by atoms with Gasteiger partial charge in [0.05, 0.1) is 7.11 Å². The van der Waals surface area contributed by atoms with E-state index in [0.29, 0.717) is 6.04 Å². The number of hydrogen-bond donors (Lipinski definition) is 1. The molecule has 0 saturated heterocycles. The predicted octanol–water partition coefficient (Wildman–Crippen LogP) is 3.49. The van der Waals surface area contributed by atoms with Crippen molar-refractivity contribution in [3.63, 3.8) is 0 Å². The zero-order chi connectivity index (χ0) is 12.7. The highest BCUT2D eigenvalue weighted by atomic mass is 32.2. The van der Waals surface area contributed by atoms with Gasteiger partial charge < -0.3 is 10.1 Å². The monoisotopic (exact) mass is 253 g/mol. The van der Waals surface area contributed by atoms with E-state index < -0.39 is 0 Å². The molecule has 2 atom stereocenters. The second-order valence-corrected chi connectivity index (χ2v) is 5.56. The molecule has 2 nitrogen and oxygen atoms in total. The summed E-state index contributed by atoms with van der Waals surface area (Å²) in [6.45, 7) is 5.53. The van der Waals surface area contributed by atoms with Gasteiger partial charge in [-0.25, -0.2) is 0 Å². The Balaban J connectivity index is 2.38. The highest BCUT2D eigenvalue weighted by Gasteiger charge is 2.05. The van der Waals surface area contributed by atoms with Gasteiger partial charge in [0.1, 0.15) is 5.75 Å². The Kier molecular flexibility index (Phi) is 6.45. The fourth-order valence-electron chi connectivity index (χ4n) is 1.63. The Bertz CT molecular complexity index is 313. The van der Waals surface area contributed by atoms with Crippen LogP contribution < -0.4 is 10.1 Å². The van der Waals surface area contributed by atoms with Crippen LogP contribution in [-0.4, -0.2) is 25.2 Å². The van der Waals surface area contributed by atoms with Crippen LogP contribution in [0.2, 0.25) is 0 Å². The molecule has 0 bridgehead atoms. The van der Waals surface area contributed by atoms with Crippen LogP contribution in [0, 0.1) is 0 Å². The predicted molar refractivity (Wildman–Crippen MR) is 77.0 cm³/mol. The van der Waals surface area contributed by atoms with E-state index in [4.69, 9.17) is 4.74 Å². The maximum absolute atomic E-state index is 5.15. The summed E-state index contributed by atoms with van der Waals surface area (Å²) in [7, 11) is 1.69. The molecule has 0 aromatic heterocycles. The molecule has 1 aromatic carbocycles. The van der Waals surface area contributed by atoms with Crippen molar-refractivity contribution < 1.29 is 4.74 Å². The normalized spacial score (nSPS) is 14.4. The van der Waals surface area contributed by atoms with Gasteiger partial charge in [0.2, 0.25) is 0 Å². The minimum atomic E-state index is 0.398. The van der Waals surface area contributed by atoms with Crippen molar-refractivity contribution >= 4 is 11.8 Å². The number of ether oxygens (including phenoxy) is 1. The Labute approximate surface area is 109 Å². The van der Waals surface area contributed by atoms with Crippen LogP contribution in [0.5, 0.6) is 5.75 Å². The van der Waals surface area contributed by atoms with Crippen LogP contribution in [-0.2, 0) is 0 Å². The van der Waals surface area contributed by atoms with E-state index in [-0.39, 0.29) is 0 Å². The molecule has 0 spiro atoms. The lowest BCUT2D eigenvalue weighted by Gasteiger charge is -2.16. The first-order valence-electron chi connectivity index (χ1n) is 6.07. The molecule has 96 valence electrons. The van der Waals surface area contributed by atoms with Crippen LogP contribution in [0.4, 0.5) is 0 Å². The largest absolute Gasteiger partial charge is 0.497 e. The van der Waals surface area contributed by atoms with Crippen molar-refractivity contribution in [2.24, 2.45) is 0 Å². The van der Waals surface area contributed by atoms with Gasteiger partial charge in [-0.2, -0.15) is 11.8 Å². The summed E-state index contributed by atoms with van der Waals surface area (Å²) in [5.74, 6) is 0.914. The standard InChI is InChI=1S/C14H23NOS/c1-11(17-4)9-10-15-12(2)13-5-7-14(16-3)8-6-13/h5-8,11-12,15H,9-10H2,1-4H3. The summed E-state index contributed by atoms with van der Waals surface area (Å²) in [4.78, 5) is 0. The van der Waals surface area contributed by atoms with Gasteiger partial charge in [-0.15, -0.1) is 0 Å². The molecule has 0 aliphatic carbocycles. The first-order chi connectivity index (χ1) is 8.17. The van der Waals surface area contributed by atoms with Gasteiger partial charge in [-0.05, 0) is 43.8 Å². The van der Waals surface area contributed by atoms with Crippen LogP contribution in [0.15, 0.2) is 24.3 Å². The Hall–Kier alpha value is -0.670. The Morgan fingerprint density at radius 1 is 1.24 bits per heavy atom. The molecule has 0 saturated carbocycles. The molecule has 2 unspecified atom stereocenters. The smallest absolute Gasteiger partial charge is 0.118 e. The van der Waals surface area contributed by atoms with Crippen LogP contribution in [0.3, 0.4) is 0 Å².